The topological polar surface area (TPSA) is 101 Å². The minimum absolute atomic E-state index is 0.0608. The van der Waals surface area contributed by atoms with Crippen LogP contribution in [0.4, 0.5) is 5.95 Å². The third kappa shape index (κ3) is 7.63. The second-order valence-electron chi connectivity index (χ2n) is 9.01. The number of allylic oxidation sites excluding steroid dienone is 3. The number of aliphatic imine (C=N–C) groups is 1. The first kappa shape index (κ1) is 26.3. The number of aromatic nitrogens is 2. The first-order valence-electron chi connectivity index (χ1n) is 12.9. The molecule has 37 heavy (non-hydrogen) atoms. The van der Waals surface area contributed by atoms with Crippen molar-refractivity contribution >= 4 is 18.6 Å². The van der Waals surface area contributed by atoms with Gasteiger partial charge < -0.3 is 30.0 Å². The maximum absolute atomic E-state index is 11.3. The predicted molar refractivity (Wildman–Crippen MR) is 146 cm³/mol. The highest BCUT2D eigenvalue weighted by molar-refractivity contribution is 5.75. The van der Waals surface area contributed by atoms with Crippen molar-refractivity contribution in [3.05, 3.63) is 60.1 Å². The van der Waals surface area contributed by atoms with E-state index in [1.165, 1.54) is 5.70 Å². The molecule has 1 amide bonds. The number of amides is 1. The van der Waals surface area contributed by atoms with Crippen LogP contribution in [0.2, 0.25) is 0 Å². The van der Waals surface area contributed by atoms with E-state index in [4.69, 9.17) is 14.5 Å². The Morgan fingerprint density at radius 3 is 2.78 bits per heavy atom. The maximum Gasteiger partial charge on any atom is 0.227 e. The molecule has 2 aromatic rings. The summed E-state index contributed by atoms with van der Waals surface area (Å²) in [5.74, 6) is 1.68. The lowest BCUT2D eigenvalue weighted by Gasteiger charge is -2.36. The molecule has 4 rings (SSSR count). The van der Waals surface area contributed by atoms with E-state index in [0.717, 1.165) is 61.8 Å². The molecule has 9 nitrogen and oxygen atoms in total. The van der Waals surface area contributed by atoms with Gasteiger partial charge in [-0.15, -0.1) is 0 Å². The molecule has 1 aliphatic heterocycles. The van der Waals surface area contributed by atoms with Gasteiger partial charge in [-0.1, -0.05) is 6.92 Å². The smallest absolute Gasteiger partial charge is 0.227 e. The van der Waals surface area contributed by atoms with Crippen molar-refractivity contribution in [2.24, 2.45) is 10.9 Å². The molecule has 1 aromatic carbocycles. The molecule has 0 saturated carbocycles. The third-order valence-corrected chi connectivity index (χ3v) is 6.38. The predicted octanol–water partition coefficient (Wildman–Crippen LogP) is 3.67. The summed E-state index contributed by atoms with van der Waals surface area (Å²) in [6, 6.07) is 9.74. The van der Waals surface area contributed by atoms with Gasteiger partial charge in [-0.25, -0.2) is 9.97 Å². The zero-order valence-electron chi connectivity index (χ0n) is 21.5. The molecule has 1 aromatic heterocycles. The largest absolute Gasteiger partial charge is 0.494 e. The van der Waals surface area contributed by atoms with E-state index in [1.54, 1.807) is 6.20 Å². The Bertz CT molecular complexity index is 1110. The number of ether oxygens (including phenoxy) is 2. The zero-order valence-corrected chi connectivity index (χ0v) is 21.5. The molecule has 1 fully saturated rings. The Morgan fingerprint density at radius 2 is 2.03 bits per heavy atom. The minimum Gasteiger partial charge on any atom is -0.494 e. The van der Waals surface area contributed by atoms with Crippen molar-refractivity contribution in [2.45, 2.75) is 26.2 Å². The number of nitrogens with one attached hydrogen (secondary N) is 2. The minimum atomic E-state index is 0.0608. The molecule has 1 unspecified atom stereocenters. The highest BCUT2D eigenvalue weighted by Crippen LogP contribution is 2.29. The number of morpholine rings is 1. The molecule has 1 aliphatic carbocycles. The van der Waals surface area contributed by atoms with Gasteiger partial charge in [-0.3, -0.25) is 4.79 Å². The number of anilines is 1. The molecule has 1 saturated heterocycles. The SMILES string of the molecule is C=NCC1CC(Nc2nccc(-c3ccc(OCCCNC(=O)CC)cc3)n2)=CC=C1N1CCOCC1. The lowest BCUT2D eigenvalue weighted by atomic mass is 9.93. The quantitative estimate of drug-likeness (QED) is 0.336. The summed E-state index contributed by atoms with van der Waals surface area (Å²) in [7, 11) is 0. The summed E-state index contributed by atoms with van der Waals surface area (Å²) >= 11 is 0. The Labute approximate surface area is 218 Å². The molecule has 2 aliphatic rings. The summed E-state index contributed by atoms with van der Waals surface area (Å²) in [6.07, 6.45) is 8.13. The average molecular weight is 505 g/mol. The summed E-state index contributed by atoms with van der Waals surface area (Å²) in [4.78, 5) is 27.0. The van der Waals surface area contributed by atoms with Crippen LogP contribution in [0.15, 0.2) is 65.1 Å². The highest BCUT2D eigenvalue weighted by atomic mass is 16.5. The number of nitrogens with zero attached hydrogens (tertiary/aromatic N) is 4. The van der Waals surface area contributed by atoms with Crippen LogP contribution in [0, 0.1) is 5.92 Å². The third-order valence-electron chi connectivity index (χ3n) is 6.38. The van der Waals surface area contributed by atoms with Gasteiger partial charge in [-0.2, -0.15) is 0 Å². The molecule has 0 bridgehead atoms. The van der Waals surface area contributed by atoms with Crippen molar-refractivity contribution in [2.75, 3.05) is 51.3 Å². The van der Waals surface area contributed by atoms with E-state index < -0.39 is 0 Å². The molecule has 2 heterocycles. The Kier molecular flexibility index (Phi) is 9.65. The Morgan fingerprint density at radius 1 is 1.22 bits per heavy atom. The molecule has 9 heteroatoms. The molecule has 0 radical (unpaired) electrons. The monoisotopic (exact) mass is 504 g/mol. The molecular weight excluding hydrogens is 468 g/mol. The highest BCUT2D eigenvalue weighted by Gasteiger charge is 2.25. The Balaban J connectivity index is 1.35. The fourth-order valence-corrected chi connectivity index (χ4v) is 4.41. The fourth-order valence-electron chi connectivity index (χ4n) is 4.41. The zero-order chi connectivity index (χ0) is 25.9. The van der Waals surface area contributed by atoms with E-state index in [1.807, 2.05) is 37.3 Å². The molecule has 196 valence electrons. The number of carbonyl (C=O) groups is 1. The van der Waals surface area contributed by atoms with E-state index >= 15 is 0 Å². The van der Waals surface area contributed by atoms with E-state index in [2.05, 4.69) is 44.4 Å². The summed E-state index contributed by atoms with van der Waals surface area (Å²) in [5.41, 5.74) is 4.16. The summed E-state index contributed by atoms with van der Waals surface area (Å²) in [5, 5.41) is 6.25. The number of carbonyl (C=O) groups excluding carboxylic acids is 1. The molecule has 0 spiro atoms. The van der Waals surface area contributed by atoms with Crippen molar-refractivity contribution in [3.8, 4) is 17.0 Å². The maximum atomic E-state index is 11.3. The number of rotatable bonds is 12. The van der Waals surface area contributed by atoms with Crippen molar-refractivity contribution in [3.63, 3.8) is 0 Å². The van der Waals surface area contributed by atoms with Crippen molar-refractivity contribution < 1.29 is 14.3 Å². The Hall–Kier alpha value is -3.72. The summed E-state index contributed by atoms with van der Waals surface area (Å²) in [6.45, 7) is 10.7. The van der Waals surface area contributed by atoms with Crippen molar-refractivity contribution in [1.29, 1.82) is 0 Å². The second kappa shape index (κ2) is 13.5. The van der Waals surface area contributed by atoms with Gasteiger partial charge in [0.15, 0.2) is 0 Å². The van der Waals surface area contributed by atoms with Crippen LogP contribution in [0.25, 0.3) is 11.3 Å². The fraction of sp³-hybridized carbons (Fsp3) is 0.429. The van der Waals surface area contributed by atoms with Crippen molar-refractivity contribution in [1.82, 2.24) is 20.2 Å². The first-order valence-corrected chi connectivity index (χ1v) is 12.9. The van der Waals surface area contributed by atoms with Gasteiger partial charge in [0, 0.05) is 61.7 Å². The van der Waals surface area contributed by atoms with Crippen LogP contribution in [0.3, 0.4) is 0 Å². The number of hydrogen-bond acceptors (Lipinski definition) is 8. The van der Waals surface area contributed by atoms with Gasteiger partial charge in [0.2, 0.25) is 11.9 Å². The lowest BCUT2D eigenvalue weighted by Crippen LogP contribution is -2.39. The van der Waals surface area contributed by atoms with Gasteiger partial charge in [0.1, 0.15) is 5.75 Å². The lowest BCUT2D eigenvalue weighted by molar-refractivity contribution is -0.120. The average Bonchev–Trinajstić information content (AvgIpc) is 2.94. The molecule has 1 atom stereocenters. The van der Waals surface area contributed by atoms with E-state index in [0.29, 0.717) is 32.1 Å². The summed E-state index contributed by atoms with van der Waals surface area (Å²) < 4.78 is 11.3. The van der Waals surface area contributed by atoms with Crippen LogP contribution in [-0.2, 0) is 9.53 Å². The van der Waals surface area contributed by atoms with Gasteiger partial charge in [-0.05, 0) is 62.0 Å². The van der Waals surface area contributed by atoms with Gasteiger partial charge in [0.25, 0.3) is 0 Å². The second-order valence-corrected chi connectivity index (χ2v) is 9.01. The van der Waals surface area contributed by atoms with E-state index in [9.17, 15) is 4.79 Å². The van der Waals surface area contributed by atoms with Crippen LogP contribution < -0.4 is 15.4 Å². The van der Waals surface area contributed by atoms with Gasteiger partial charge in [0.05, 0.1) is 25.5 Å². The van der Waals surface area contributed by atoms with Crippen LogP contribution in [-0.4, -0.2) is 73.5 Å². The molecular formula is C28H36N6O3. The standard InChI is InChI=1S/C28H36N6O3/c1-3-27(35)30-12-4-16-37-24-8-5-21(6-9-24)25-11-13-31-28(33-25)32-23-7-10-26(22(19-23)20-29-2)34-14-17-36-18-15-34/h5-11,13,22H,2-4,12,14-20H2,1H3,(H,30,35)(H,31,32,33). The normalized spacial score (nSPS) is 17.4. The number of hydrogen-bond donors (Lipinski definition) is 2. The number of benzene rings is 1. The molecule has 2 N–H and O–H groups in total. The first-order chi connectivity index (χ1) is 18.2. The van der Waals surface area contributed by atoms with E-state index in [-0.39, 0.29) is 11.8 Å². The van der Waals surface area contributed by atoms with Gasteiger partial charge >= 0.3 is 0 Å². The van der Waals surface area contributed by atoms with Crippen LogP contribution >= 0.6 is 0 Å². The van der Waals surface area contributed by atoms with Crippen LogP contribution in [0.1, 0.15) is 26.2 Å². The van der Waals surface area contributed by atoms with Crippen LogP contribution in [0.5, 0.6) is 5.75 Å².